The average Bonchev–Trinajstić information content (AvgIpc) is 2.54. The number of carboxylic acids is 1. The molecule has 0 fully saturated rings. The number of hydrogen-bond donors (Lipinski definition) is 1. The smallest absolute Gasteiger partial charge is 0.339 e. The van der Waals surface area contributed by atoms with Crippen LogP contribution >= 0.6 is 0 Å². The first-order valence-corrected chi connectivity index (χ1v) is 7.62. The van der Waals surface area contributed by atoms with Gasteiger partial charge in [0.15, 0.2) is 0 Å². The zero-order valence-corrected chi connectivity index (χ0v) is 14.2. The molecule has 0 atom stereocenters. The highest BCUT2D eigenvalue weighted by Crippen LogP contribution is 2.27. The summed E-state index contributed by atoms with van der Waals surface area (Å²) in [5.74, 6) is 6.07. The Hall–Kier alpha value is -2.93. The largest absolute Gasteiger partial charge is 0.495 e. The van der Waals surface area contributed by atoms with Crippen molar-refractivity contribution in [1.29, 1.82) is 0 Å². The summed E-state index contributed by atoms with van der Waals surface area (Å²) in [6.45, 7) is 5.54. The van der Waals surface area contributed by atoms with Crippen molar-refractivity contribution in [3.8, 4) is 23.3 Å². The van der Waals surface area contributed by atoms with Gasteiger partial charge in [0.2, 0.25) is 0 Å². The van der Waals surface area contributed by atoms with Gasteiger partial charge in [-0.2, -0.15) is 0 Å². The normalized spacial score (nSPS) is 10.0. The number of rotatable bonds is 4. The highest BCUT2D eigenvalue weighted by Gasteiger charge is 2.16. The van der Waals surface area contributed by atoms with E-state index in [1.807, 2.05) is 51.1 Å². The van der Waals surface area contributed by atoms with Crippen LogP contribution in [0.25, 0.3) is 0 Å². The van der Waals surface area contributed by atoms with Crippen LogP contribution in [0.5, 0.6) is 11.5 Å². The molecule has 0 aliphatic rings. The summed E-state index contributed by atoms with van der Waals surface area (Å²) in [7, 11) is 1.59. The zero-order valence-electron chi connectivity index (χ0n) is 14.2. The molecule has 0 aliphatic carbocycles. The lowest BCUT2D eigenvalue weighted by atomic mass is 10.0. The van der Waals surface area contributed by atoms with Gasteiger partial charge in [-0.3, -0.25) is 0 Å². The lowest BCUT2D eigenvalue weighted by Crippen LogP contribution is -2.11. The van der Waals surface area contributed by atoms with Crippen molar-refractivity contribution < 1.29 is 19.4 Å². The Morgan fingerprint density at radius 3 is 2.50 bits per heavy atom. The van der Waals surface area contributed by atoms with E-state index in [9.17, 15) is 9.90 Å². The van der Waals surface area contributed by atoms with Crippen molar-refractivity contribution in [2.75, 3.05) is 7.11 Å². The second-order valence-corrected chi connectivity index (χ2v) is 5.59. The van der Waals surface area contributed by atoms with Crippen molar-refractivity contribution >= 4 is 5.97 Å². The number of carboxylic acid groups (broad SMARTS) is 1. The number of para-hydroxylation sites is 1. The van der Waals surface area contributed by atoms with Gasteiger partial charge in [-0.15, -0.1) is 0 Å². The molecule has 0 aromatic heterocycles. The van der Waals surface area contributed by atoms with Gasteiger partial charge in [0.25, 0.3) is 0 Å². The fourth-order valence-corrected chi connectivity index (χ4v) is 2.28. The Balaban J connectivity index is 2.46. The Bertz CT molecular complexity index is 810. The molecule has 0 bridgehead atoms. The van der Waals surface area contributed by atoms with Gasteiger partial charge >= 0.3 is 5.97 Å². The van der Waals surface area contributed by atoms with E-state index in [4.69, 9.17) is 9.47 Å². The summed E-state index contributed by atoms with van der Waals surface area (Å²) in [5.41, 5.74) is 2.23. The number of hydrogen-bond acceptors (Lipinski definition) is 3. The first kappa shape index (κ1) is 17.4. The van der Waals surface area contributed by atoms with Gasteiger partial charge in [-0.25, -0.2) is 4.79 Å². The molecule has 2 aromatic rings. The fraction of sp³-hybridized carbons (Fsp3) is 0.250. The molecule has 2 rings (SSSR count). The summed E-state index contributed by atoms with van der Waals surface area (Å²) < 4.78 is 10.9. The van der Waals surface area contributed by atoms with Crippen LogP contribution in [0.1, 0.15) is 40.9 Å². The number of aromatic carboxylic acids is 1. The molecule has 1 N–H and O–H groups in total. The van der Waals surface area contributed by atoms with Crippen molar-refractivity contribution in [3.05, 3.63) is 58.7 Å². The Kier molecular flexibility index (Phi) is 5.49. The molecule has 0 aliphatic heterocycles. The van der Waals surface area contributed by atoms with Gasteiger partial charge in [0.05, 0.1) is 18.8 Å². The number of benzene rings is 2. The van der Waals surface area contributed by atoms with E-state index in [-0.39, 0.29) is 11.7 Å². The molecule has 0 radical (unpaired) electrons. The molecule has 0 saturated heterocycles. The fourth-order valence-electron chi connectivity index (χ4n) is 2.28. The second kappa shape index (κ2) is 7.56. The Morgan fingerprint density at radius 1 is 1.17 bits per heavy atom. The predicted molar refractivity (Wildman–Crippen MR) is 92.9 cm³/mol. The van der Waals surface area contributed by atoms with Crippen molar-refractivity contribution in [1.82, 2.24) is 0 Å². The molecule has 0 amide bonds. The molecular weight excluding hydrogens is 304 g/mol. The summed E-state index contributed by atoms with van der Waals surface area (Å²) >= 11 is 0. The van der Waals surface area contributed by atoms with Crippen LogP contribution in [0.15, 0.2) is 36.4 Å². The van der Waals surface area contributed by atoms with Crippen LogP contribution in [0.3, 0.4) is 0 Å². The molecule has 4 heteroatoms. The molecule has 0 unspecified atom stereocenters. The van der Waals surface area contributed by atoms with E-state index >= 15 is 0 Å². The van der Waals surface area contributed by atoms with Crippen LogP contribution in [-0.4, -0.2) is 24.3 Å². The van der Waals surface area contributed by atoms with E-state index in [2.05, 4.69) is 11.8 Å². The van der Waals surface area contributed by atoms with Gasteiger partial charge in [-0.1, -0.05) is 24.0 Å². The van der Waals surface area contributed by atoms with E-state index in [0.717, 1.165) is 11.1 Å². The molecule has 4 nitrogen and oxygen atoms in total. The minimum atomic E-state index is -1.03. The van der Waals surface area contributed by atoms with Crippen LogP contribution in [-0.2, 0) is 0 Å². The SMILES string of the molecule is COc1ccccc1C#Cc1cc(C)c(OC(C)C)c(C(=O)O)c1. The lowest BCUT2D eigenvalue weighted by molar-refractivity contribution is 0.0690. The number of ether oxygens (including phenoxy) is 2. The lowest BCUT2D eigenvalue weighted by Gasteiger charge is -2.15. The molecule has 24 heavy (non-hydrogen) atoms. The molecule has 2 aromatic carbocycles. The summed E-state index contributed by atoms with van der Waals surface area (Å²) in [6.07, 6.45) is -0.104. The quantitative estimate of drug-likeness (QED) is 0.867. The minimum absolute atomic E-state index is 0.104. The highest BCUT2D eigenvalue weighted by atomic mass is 16.5. The maximum absolute atomic E-state index is 11.5. The molecule has 124 valence electrons. The maximum atomic E-state index is 11.5. The third kappa shape index (κ3) is 4.08. The van der Waals surface area contributed by atoms with Gasteiger partial charge in [0, 0.05) is 5.56 Å². The number of methoxy groups -OCH3 is 1. The third-order valence-electron chi connectivity index (χ3n) is 3.31. The highest BCUT2D eigenvalue weighted by molar-refractivity contribution is 5.92. The van der Waals surface area contributed by atoms with Gasteiger partial charge in [-0.05, 0) is 50.6 Å². The Labute approximate surface area is 142 Å². The molecule has 0 spiro atoms. The van der Waals surface area contributed by atoms with Crippen LogP contribution in [0.4, 0.5) is 0 Å². The third-order valence-corrected chi connectivity index (χ3v) is 3.31. The minimum Gasteiger partial charge on any atom is -0.495 e. The second-order valence-electron chi connectivity index (χ2n) is 5.59. The Morgan fingerprint density at radius 2 is 1.88 bits per heavy atom. The summed E-state index contributed by atoms with van der Waals surface area (Å²) in [6, 6.07) is 10.8. The summed E-state index contributed by atoms with van der Waals surface area (Å²) in [4.78, 5) is 11.5. The first-order valence-electron chi connectivity index (χ1n) is 7.62. The first-order chi connectivity index (χ1) is 11.4. The molecule has 0 heterocycles. The summed E-state index contributed by atoms with van der Waals surface area (Å²) in [5, 5.41) is 9.45. The van der Waals surface area contributed by atoms with E-state index in [1.165, 1.54) is 6.07 Å². The van der Waals surface area contributed by atoms with Crippen molar-refractivity contribution in [3.63, 3.8) is 0 Å². The maximum Gasteiger partial charge on any atom is 0.339 e. The van der Waals surface area contributed by atoms with E-state index in [0.29, 0.717) is 17.1 Å². The topological polar surface area (TPSA) is 55.8 Å². The number of carbonyl (C=O) groups is 1. The standard InChI is InChI=1S/C20H20O4/c1-13(2)24-19-14(3)11-15(12-17(19)20(21)22)9-10-16-7-5-6-8-18(16)23-4/h5-8,11-13H,1-4H3,(H,21,22). The van der Waals surface area contributed by atoms with Crippen LogP contribution in [0.2, 0.25) is 0 Å². The van der Waals surface area contributed by atoms with E-state index < -0.39 is 5.97 Å². The monoisotopic (exact) mass is 324 g/mol. The van der Waals surface area contributed by atoms with Gasteiger partial charge < -0.3 is 14.6 Å². The van der Waals surface area contributed by atoms with Crippen LogP contribution in [0, 0.1) is 18.8 Å². The predicted octanol–water partition coefficient (Wildman–Crippen LogP) is 3.89. The molecule has 0 saturated carbocycles. The van der Waals surface area contributed by atoms with Crippen molar-refractivity contribution in [2.45, 2.75) is 26.9 Å². The van der Waals surface area contributed by atoms with E-state index in [1.54, 1.807) is 7.11 Å². The average molecular weight is 324 g/mol. The van der Waals surface area contributed by atoms with Crippen molar-refractivity contribution in [2.24, 2.45) is 0 Å². The molecular formula is C20H20O4. The van der Waals surface area contributed by atoms with Crippen LogP contribution < -0.4 is 9.47 Å². The number of aryl methyl sites for hydroxylation is 1. The zero-order chi connectivity index (χ0) is 17.7. The van der Waals surface area contributed by atoms with Gasteiger partial charge in [0.1, 0.15) is 17.1 Å².